The molecule has 0 radical (unpaired) electrons. The Morgan fingerprint density at radius 3 is 2.27 bits per heavy atom. The fraction of sp³-hybridized carbons (Fsp3) is 0.333. The van der Waals surface area contributed by atoms with E-state index in [1.54, 1.807) is 49.4 Å². The monoisotopic (exact) mass is 569 g/mol. The van der Waals surface area contributed by atoms with Gasteiger partial charge < -0.3 is 15.0 Å². The highest BCUT2D eigenvalue weighted by Gasteiger charge is 2.31. The summed E-state index contributed by atoms with van der Waals surface area (Å²) in [6, 6.07) is 21.3. The predicted molar refractivity (Wildman–Crippen MR) is 154 cm³/mol. The molecule has 214 valence electrons. The molecule has 0 aliphatic carbocycles. The fourth-order valence-corrected chi connectivity index (χ4v) is 5.44. The summed E-state index contributed by atoms with van der Waals surface area (Å²) in [7, 11) is -2.23. The molecule has 0 saturated heterocycles. The highest BCUT2D eigenvalue weighted by atomic mass is 32.2. The molecule has 0 heterocycles. The Balaban J connectivity index is 1.88. The number of halogens is 1. The number of carbonyl (C=O) groups is 2. The first-order valence-corrected chi connectivity index (χ1v) is 15.0. The molecule has 0 aromatic heterocycles. The van der Waals surface area contributed by atoms with Crippen molar-refractivity contribution in [3.63, 3.8) is 0 Å². The molecule has 3 rings (SSSR count). The molecule has 1 atom stereocenters. The molecule has 0 saturated carbocycles. The summed E-state index contributed by atoms with van der Waals surface area (Å²) in [5.74, 6) is -0.819. The number of ether oxygens (including phenoxy) is 1. The number of methoxy groups -OCH3 is 1. The van der Waals surface area contributed by atoms with Gasteiger partial charge in [-0.05, 0) is 37.1 Å². The van der Waals surface area contributed by atoms with Gasteiger partial charge in [0.1, 0.15) is 17.6 Å². The maximum Gasteiger partial charge on any atom is 0.243 e. The third-order valence-electron chi connectivity index (χ3n) is 6.43. The number of amides is 2. The smallest absolute Gasteiger partial charge is 0.243 e. The van der Waals surface area contributed by atoms with E-state index in [1.165, 1.54) is 22.4 Å². The number of rotatable bonds is 14. The van der Waals surface area contributed by atoms with E-state index < -0.39 is 21.9 Å². The molecule has 0 fully saturated rings. The minimum atomic E-state index is -3.69. The number of hydrogen-bond acceptors (Lipinski definition) is 5. The van der Waals surface area contributed by atoms with Crippen molar-refractivity contribution in [3.05, 3.63) is 95.8 Å². The summed E-state index contributed by atoms with van der Waals surface area (Å²) in [4.78, 5) is 28.4. The molecule has 10 heteroatoms. The van der Waals surface area contributed by atoms with Gasteiger partial charge in [0.05, 0.1) is 19.1 Å². The number of likely N-dealkylation sites (N-methyl/N-ethyl adjacent to an activating group) is 1. The molecular weight excluding hydrogens is 533 g/mol. The standard InChI is InChI=1S/C30H36FN3O5S/c1-4-32-30(36)27(21-23-13-6-5-7-14-23)33(22-24-15-8-9-16-25(24)31)29(35)19-12-20-34(40(3,37)38)26-17-10-11-18-28(26)39-2/h5-11,13-18,27H,4,12,19-22H2,1-3H3,(H,32,36). The summed E-state index contributed by atoms with van der Waals surface area (Å²) in [6.07, 6.45) is 1.45. The molecular formula is C30H36FN3O5S. The Labute approximate surface area is 235 Å². The van der Waals surface area contributed by atoms with Crippen molar-refractivity contribution in [2.45, 2.75) is 38.8 Å². The van der Waals surface area contributed by atoms with Crippen LogP contribution in [0.5, 0.6) is 5.75 Å². The highest BCUT2D eigenvalue weighted by molar-refractivity contribution is 7.92. The second-order valence-electron chi connectivity index (χ2n) is 9.32. The number of nitrogens with zero attached hydrogens (tertiary/aromatic N) is 2. The first-order valence-electron chi connectivity index (χ1n) is 13.1. The lowest BCUT2D eigenvalue weighted by atomic mass is 10.0. The molecule has 0 aliphatic rings. The van der Waals surface area contributed by atoms with Crippen LogP contribution in [-0.2, 0) is 32.6 Å². The van der Waals surface area contributed by atoms with Crippen LogP contribution in [0, 0.1) is 5.82 Å². The number of sulfonamides is 1. The normalized spacial score (nSPS) is 11.9. The van der Waals surface area contributed by atoms with Gasteiger partial charge >= 0.3 is 0 Å². The average Bonchev–Trinajstić information content (AvgIpc) is 2.94. The Hall–Kier alpha value is -3.92. The van der Waals surface area contributed by atoms with Gasteiger partial charge in [0.2, 0.25) is 21.8 Å². The van der Waals surface area contributed by atoms with Crippen LogP contribution in [0.3, 0.4) is 0 Å². The number of hydrogen-bond donors (Lipinski definition) is 1. The maximum atomic E-state index is 14.7. The lowest BCUT2D eigenvalue weighted by molar-refractivity contribution is -0.141. The van der Waals surface area contributed by atoms with Gasteiger partial charge in [-0.1, -0.05) is 60.7 Å². The van der Waals surface area contributed by atoms with E-state index in [2.05, 4.69) is 5.32 Å². The molecule has 1 N–H and O–H groups in total. The van der Waals surface area contributed by atoms with Gasteiger partial charge in [0.25, 0.3) is 0 Å². The minimum Gasteiger partial charge on any atom is -0.495 e. The van der Waals surface area contributed by atoms with Gasteiger partial charge in [-0.15, -0.1) is 0 Å². The summed E-state index contributed by atoms with van der Waals surface area (Å²) in [6.45, 7) is 2.07. The molecule has 8 nitrogen and oxygen atoms in total. The van der Waals surface area contributed by atoms with E-state index in [9.17, 15) is 22.4 Å². The van der Waals surface area contributed by atoms with E-state index in [1.807, 2.05) is 30.3 Å². The van der Waals surface area contributed by atoms with Crippen molar-refractivity contribution in [2.75, 3.05) is 30.8 Å². The molecule has 0 spiro atoms. The van der Waals surface area contributed by atoms with Crippen molar-refractivity contribution in [1.82, 2.24) is 10.2 Å². The fourth-order valence-electron chi connectivity index (χ4n) is 4.47. The van der Waals surface area contributed by atoms with E-state index >= 15 is 0 Å². The molecule has 1 unspecified atom stereocenters. The number of para-hydroxylation sites is 2. The van der Waals surface area contributed by atoms with Crippen LogP contribution in [0.15, 0.2) is 78.9 Å². The molecule has 0 bridgehead atoms. The number of carbonyl (C=O) groups excluding carboxylic acids is 2. The Kier molecular flexibility index (Phi) is 11.1. The minimum absolute atomic E-state index is 0.0169. The van der Waals surface area contributed by atoms with Crippen molar-refractivity contribution >= 4 is 27.5 Å². The van der Waals surface area contributed by atoms with Gasteiger partial charge in [-0.3, -0.25) is 13.9 Å². The van der Waals surface area contributed by atoms with E-state index in [4.69, 9.17) is 4.74 Å². The lowest BCUT2D eigenvalue weighted by Crippen LogP contribution is -2.50. The third kappa shape index (κ3) is 8.29. The number of nitrogens with one attached hydrogen (secondary N) is 1. The number of anilines is 1. The maximum absolute atomic E-state index is 14.7. The average molecular weight is 570 g/mol. The Morgan fingerprint density at radius 2 is 1.62 bits per heavy atom. The van der Waals surface area contributed by atoms with E-state index in [0.29, 0.717) is 18.0 Å². The summed E-state index contributed by atoms with van der Waals surface area (Å²) in [5.41, 5.74) is 1.50. The number of benzene rings is 3. The van der Waals surface area contributed by atoms with Crippen molar-refractivity contribution < 1.29 is 27.1 Å². The summed E-state index contributed by atoms with van der Waals surface area (Å²) >= 11 is 0. The first kappa shape index (κ1) is 30.6. The van der Waals surface area contributed by atoms with Gasteiger partial charge in [0, 0.05) is 38.0 Å². The second kappa shape index (κ2) is 14.5. The van der Waals surface area contributed by atoms with Crippen LogP contribution in [0.25, 0.3) is 0 Å². The third-order valence-corrected chi connectivity index (χ3v) is 7.61. The topological polar surface area (TPSA) is 96.0 Å². The lowest BCUT2D eigenvalue weighted by Gasteiger charge is -2.32. The summed E-state index contributed by atoms with van der Waals surface area (Å²) in [5, 5.41) is 2.80. The van der Waals surface area contributed by atoms with Crippen molar-refractivity contribution in [1.29, 1.82) is 0 Å². The SMILES string of the molecule is CCNC(=O)C(Cc1ccccc1)N(Cc1ccccc1F)C(=O)CCCN(c1ccccc1OC)S(C)(=O)=O. The Bertz CT molecular complexity index is 1380. The molecule has 40 heavy (non-hydrogen) atoms. The largest absolute Gasteiger partial charge is 0.495 e. The van der Waals surface area contributed by atoms with Gasteiger partial charge in [-0.2, -0.15) is 0 Å². The van der Waals surface area contributed by atoms with Crippen LogP contribution in [0.4, 0.5) is 10.1 Å². The quantitative estimate of drug-likeness (QED) is 0.315. The predicted octanol–water partition coefficient (Wildman–Crippen LogP) is 4.16. The van der Waals surface area contributed by atoms with Crippen LogP contribution < -0.4 is 14.4 Å². The molecule has 0 aliphatic heterocycles. The van der Waals surface area contributed by atoms with E-state index in [-0.39, 0.29) is 49.7 Å². The molecule has 3 aromatic carbocycles. The zero-order chi connectivity index (χ0) is 29.1. The van der Waals surface area contributed by atoms with Crippen LogP contribution in [0.1, 0.15) is 30.9 Å². The zero-order valence-electron chi connectivity index (χ0n) is 23.0. The van der Waals surface area contributed by atoms with Crippen molar-refractivity contribution in [3.8, 4) is 5.75 Å². The van der Waals surface area contributed by atoms with E-state index in [0.717, 1.165) is 11.8 Å². The Morgan fingerprint density at radius 1 is 0.975 bits per heavy atom. The first-order chi connectivity index (χ1) is 19.2. The van der Waals surface area contributed by atoms with Crippen LogP contribution >= 0.6 is 0 Å². The van der Waals surface area contributed by atoms with Crippen molar-refractivity contribution in [2.24, 2.45) is 0 Å². The highest BCUT2D eigenvalue weighted by Crippen LogP contribution is 2.30. The van der Waals surface area contributed by atoms with Gasteiger partial charge in [-0.25, -0.2) is 12.8 Å². The zero-order valence-corrected chi connectivity index (χ0v) is 23.9. The molecule has 3 aromatic rings. The molecule has 2 amide bonds. The van der Waals surface area contributed by atoms with Crippen LogP contribution in [0.2, 0.25) is 0 Å². The summed E-state index contributed by atoms with van der Waals surface area (Å²) < 4.78 is 46.5. The van der Waals surface area contributed by atoms with Crippen LogP contribution in [-0.4, -0.2) is 57.6 Å². The second-order valence-corrected chi connectivity index (χ2v) is 11.2. The van der Waals surface area contributed by atoms with Gasteiger partial charge in [0.15, 0.2) is 0 Å².